The van der Waals surface area contributed by atoms with E-state index in [0.717, 1.165) is 43.9 Å². The standard InChI is InChI=1S/C19H20F3N5OS/c20-19(21,22)28-14-3-1-2-12(8-14)15-11-27-16(24-15)29-17(25-27)26-6-4-18(5-7-26)9-13(23)10-18/h1-3,8,11,13H,4-7,9-10,23H2. The minimum Gasteiger partial charge on any atom is -0.406 e. The van der Waals surface area contributed by atoms with E-state index < -0.39 is 6.36 Å². The Labute approximate surface area is 169 Å². The van der Waals surface area contributed by atoms with Crippen LogP contribution >= 0.6 is 11.3 Å². The lowest BCUT2D eigenvalue weighted by Gasteiger charge is -2.51. The molecule has 0 radical (unpaired) electrons. The first-order chi connectivity index (χ1) is 13.8. The van der Waals surface area contributed by atoms with Gasteiger partial charge in [-0.1, -0.05) is 23.5 Å². The van der Waals surface area contributed by atoms with Crippen LogP contribution in [-0.2, 0) is 0 Å². The molecule has 2 N–H and O–H groups in total. The van der Waals surface area contributed by atoms with Gasteiger partial charge in [0.1, 0.15) is 5.75 Å². The van der Waals surface area contributed by atoms with Crippen LogP contribution in [-0.4, -0.2) is 40.1 Å². The van der Waals surface area contributed by atoms with E-state index >= 15 is 0 Å². The van der Waals surface area contributed by atoms with Gasteiger partial charge in [-0.05, 0) is 43.2 Å². The van der Waals surface area contributed by atoms with E-state index in [1.165, 1.54) is 29.5 Å². The van der Waals surface area contributed by atoms with Crippen LogP contribution < -0.4 is 15.4 Å². The van der Waals surface area contributed by atoms with Crippen molar-refractivity contribution >= 4 is 21.4 Å². The van der Waals surface area contributed by atoms with Crippen LogP contribution in [0.5, 0.6) is 5.75 Å². The Balaban J connectivity index is 1.32. The molecule has 1 saturated heterocycles. The Hall–Kier alpha value is -2.33. The summed E-state index contributed by atoms with van der Waals surface area (Å²) in [5.74, 6) is -0.266. The van der Waals surface area contributed by atoms with E-state index in [1.807, 2.05) is 0 Å². The molecule has 1 aromatic carbocycles. The first-order valence-electron chi connectivity index (χ1n) is 9.52. The third kappa shape index (κ3) is 3.66. The quantitative estimate of drug-likeness (QED) is 0.688. The Kier molecular flexibility index (Phi) is 4.25. The third-order valence-corrected chi connectivity index (χ3v) is 6.86. The van der Waals surface area contributed by atoms with E-state index in [4.69, 9.17) is 5.73 Å². The molecular formula is C19H20F3N5OS. The minimum atomic E-state index is -4.72. The van der Waals surface area contributed by atoms with Gasteiger partial charge in [0.15, 0.2) is 0 Å². The van der Waals surface area contributed by atoms with Crippen LogP contribution in [0.4, 0.5) is 18.3 Å². The average Bonchev–Trinajstić information content (AvgIpc) is 3.19. The summed E-state index contributed by atoms with van der Waals surface area (Å²) in [6.45, 7) is 1.93. The first kappa shape index (κ1) is 18.7. The van der Waals surface area contributed by atoms with Crippen molar-refractivity contribution in [2.75, 3.05) is 18.0 Å². The van der Waals surface area contributed by atoms with E-state index in [2.05, 4.69) is 19.7 Å². The molecule has 1 saturated carbocycles. The summed E-state index contributed by atoms with van der Waals surface area (Å²) in [7, 11) is 0. The molecule has 1 aliphatic carbocycles. The van der Waals surface area contributed by atoms with Crippen LogP contribution in [0.2, 0.25) is 0 Å². The number of nitrogens with zero attached hydrogens (tertiary/aromatic N) is 4. The fourth-order valence-corrected chi connectivity index (χ4v) is 5.38. The number of anilines is 1. The molecule has 154 valence electrons. The van der Waals surface area contributed by atoms with Crippen molar-refractivity contribution in [1.82, 2.24) is 14.6 Å². The van der Waals surface area contributed by atoms with Crippen molar-refractivity contribution in [2.24, 2.45) is 11.1 Å². The zero-order valence-electron chi connectivity index (χ0n) is 15.5. The van der Waals surface area contributed by atoms with Crippen molar-refractivity contribution in [3.63, 3.8) is 0 Å². The van der Waals surface area contributed by atoms with Crippen LogP contribution in [0.1, 0.15) is 25.7 Å². The molecule has 3 heterocycles. The highest BCUT2D eigenvalue weighted by atomic mass is 32.1. The number of imidazole rings is 1. The molecule has 2 fully saturated rings. The van der Waals surface area contributed by atoms with Crippen LogP contribution in [0, 0.1) is 5.41 Å². The Bertz CT molecular complexity index is 999. The maximum absolute atomic E-state index is 12.4. The lowest BCUT2D eigenvalue weighted by molar-refractivity contribution is -0.274. The summed E-state index contributed by atoms with van der Waals surface area (Å²) in [5.41, 5.74) is 7.51. The summed E-state index contributed by atoms with van der Waals surface area (Å²) in [5, 5.41) is 5.56. The number of aromatic nitrogens is 3. The number of fused-ring (bicyclic) bond motifs is 1. The molecule has 5 rings (SSSR count). The SMILES string of the molecule is NC1CC2(CCN(c3nn4cc(-c5cccc(OC(F)(F)F)c5)nc4s3)CC2)C1. The van der Waals surface area contributed by atoms with Gasteiger partial charge in [-0.15, -0.1) is 18.3 Å². The topological polar surface area (TPSA) is 68.7 Å². The summed E-state index contributed by atoms with van der Waals surface area (Å²) >= 11 is 1.49. The van der Waals surface area contributed by atoms with Crippen molar-refractivity contribution in [3.05, 3.63) is 30.5 Å². The van der Waals surface area contributed by atoms with Gasteiger partial charge in [0.2, 0.25) is 10.1 Å². The first-order valence-corrected chi connectivity index (χ1v) is 10.3. The summed E-state index contributed by atoms with van der Waals surface area (Å²) in [4.78, 5) is 7.54. The molecule has 2 aromatic heterocycles. The number of ether oxygens (including phenoxy) is 1. The fraction of sp³-hybridized carbons (Fsp3) is 0.474. The maximum atomic E-state index is 12.4. The average molecular weight is 423 g/mol. The predicted molar refractivity (Wildman–Crippen MR) is 104 cm³/mol. The number of halogens is 3. The predicted octanol–water partition coefficient (Wildman–Crippen LogP) is 4.06. The highest BCUT2D eigenvalue weighted by Crippen LogP contribution is 2.48. The van der Waals surface area contributed by atoms with E-state index in [-0.39, 0.29) is 5.75 Å². The normalized spacial score (nSPS) is 19.7. The third-order valence-electron chi connectivity index (χ3n) is 5.88. The van der Waals surface area contributed by atoms with Gasteiger partial charge in [-0.2, -0.15) is 0 Å². The highest BCUT2D eigenvalue weighted by molar-refractivity contribution is 7.20. The lowest BCUT2D eigenvalue weighted by atomic mass is 9.61. The second kappa shape index (κ2) is 6.60. The van der Waals surface area contributed by atoms with Gasteiger partial charge in [-0.25, -0.2) is 9.50 Å². The Morgan fingerprint density at radius 1 is 1.21 bits per heavy atom. The number of nitrogens with two attached hydrogens (primary N) is 1. The fourth-order valence-electron chi connectivity index (χ4n) is 4.44. The summed E-state index contributed by atoms with van der Waals surface area (Å²) in [6.07, 6.45) is 1.55. The minimum absolute atomic E-state index is 0.266. The number of hydrogen-bond donors (Lipinski definition) is 1. The second-order valence-electron chi connectivity index (χ2n) is 7.97. The van der Waals surface area contributed by atoms with E-state index in [0.29, 0.717) is 27.7 Å². The Morgan fingerprint density at radius 2 is 1.97 bits per heavy atom. The lowest BCUT2D eigenvalue weighted by Crippen LogP contribution is -2.52. The number of piperidine rings is 1. The molecule has 1 spiro atoms. The second-order valence-corrected chi connectivity index (χ2v) is 8.90. The number of hydrogen-bond acceptors (Lipinski definition) is 6. The smallest absolute Gasteiger partial charge is 0.406 e. The molecule has 3 aromatic rings. The molecule has 0 unspecified atom stereocenters. The molecule has 0 atom stereocenters. The maximum Gasteiger partial charge on any atom is 0.573 e. The van der Waals surface area contributed by atoms with Gasteiger partial charge in [-0.3, -0.25) is 0 Å². The zero-order chi connectivity index (χ0) is 20.2. The van der Waals surface area contributed by atoms with Crippen LogP contribution in [0.25, 0.3) is 16.2 Å². The zero-order valence-corrected chi connectivity index (χ0v) is 16.3. The van der Waals surface area contributed by atoms with Gasteiger partial charge in [0, 0.05) is 24.7 Å². The van der Waals surface area contributed by atoms with Crippen molar-refractivity contribution < 1.29 is 17.9 Å². The summed E-state index contributed by atoms with van der Waals surface area (Å²) in [6, 6.07) is 6.17. The van der Waals surface area contributed by atoms with E-state index in [1.54, 1.807) is 16.8 Å². The van der Waals surface area contributed by atoms with Crippen LogP contribution in [0.15, 0.2) is 30.5 Å². The van der Waals surface area contributed by atoms with Gasteiger partial charge in [0.25, 0.3) is 0 Å². The molecule has 1 aliphatic heterocycles. The van der Waals surface area contributed by atoms with Crippen molar-refractivity contribution in [1.29, 1.82) is 0 Å². The van der Waals surface area contributed by atoms with Crippen molar-refractivity contribution in [3.8, 4) is 17.0 Å². The molecule has 29 heavy (non-hydrogen) atoms. The van der Waals surface area contributed by atoms with Crippen LogP contribution in [0.3, 0.4) is 0 Å². The number of alkyl halides is 3. The molecule has 0 amide bonds. The highest BCUT2D eigenvalue weighted by Gasteiger charge is 2.44. The number of benzene rings is 1. The monoisotopic (exact) mass is 423 g/mol. The molecule has 6 nitrogen and oxygen atoms in total. The largest absolute Gasteiger partial charge is 0.573 e. The molecule has 10 heteroatoms. The number of rotatable bonds is 3. The van der Waals surface area contributed by atoms with E-state index in [9.17, 15) is 13.2 Å². The van der Waals surface area contributed by atoms with Crippen molar-refractivity contribution in [2.45, 2.75) is 38.1 Å². The van der Waals surface area contributed by atoms with Gasteiger partial charge in [0.05, 0.1) is 11.9 Å². The Morgan fingerprint density at radius 3 is 2.62 bits per heavy atom. The van der Waals surface area contributed by atoms with Gasteiger partial charge >= 0.3 is 6.36 Å². The molecular weight excluding hydrogens is 403 g/mol. The molecule has 2 aliphatic rings. The summed E-state index contributed by atoms with van der Waals surface area (Å²) < 4.78 is 43.0. The van der Waals surface area contributed by atoms with Gasteiger partial charge < -0.3 is 15.4 Å². The molecule has 0 bridgehead atoms.